The highest BCUT2D eigenvalue weighted by atomic mass is 19.1. The number of nitrogens with one attached hydrogen (secondary N) is 1. The van der Waals surface area contributed by atoms with Gasteiger partial charge in [0.2, 0.25) is 5.91 Å². The Hall–Kier alpha value is -2.77. The van der Waals surface area contributed by atoms with Crippen LogP contribution in [0.15, 0.2) is 30.4 Å². The minimum atomic E-state index is -1.11. The first-order valence-corrected chi connectivity index (χ1v) is 8.72. The number of aliphatic carboxylic acids is 1. The van der Waals surface area contributed by atoms with E-state index < -0.39 is 35.5 Å². The van der Waals surface area contributed by atoms with Gasteiger partial charge >= 0.3 is 5.97 Å². The summed E-state index contributed by atoms with van der Waals surface area (Å²) >= 11 is 0. The molecule has 0 aliphatic carbocycles. The fraction of sp³-hybridized carbons (Fsp3) is 0.421. The molecular weight excluding hydrogens is 358 g/mol. The van der Waals surface area contributed by atoms with Gasteiger partial charge in [-0.1, -0.05) is 12.2 Å². The number of nitrogens with zero attached hydrogens (tertiary/aromatic N) is 1. The van der Waals surface area contributed by atoms with Gasteiger partial charge in [-0.25, -0.2) is 13.6 Å². The largest absolute Gasteiger partial charge is 0.480 e. The molecule has 1 fully saturated rings. The number of piperidine rings is 1. The van der Waals surface area contributed by atoms with E-state index in [9.17, 15) is 23.2 Å². The van der Waals surface area contributed by atoms with Crippen LogP contribution in [0.4, 0.5) is 8.78 Å². The molecule has 0 saturated carbocycles. The topological polar surface area (TPSA) is 86.7 Å². The Balaban J connectivity index is 1.93. The van der Waals surface area contributed by atoms with Gasteiger partial charge in [-0.2, -0.15) is 0 Å². The number of carbonyl (C=O) groups is 3. The highest BCUT2D eigenvalue weighted by molar-refractivity contribution is 5.94. The SMILES string of the molecule is C/C=C/CC(NC(=O)C1CCN(C(=O)c2ccc(F)cc2F)CC1)C(=O)O. The third kappa shape index (κ3) is 5.35. The fourth-order valence-electron chi connectivity index (χ4n) is 2.96. The van der Waals surface area contributed by atoms with Crippen molar-refractivity contribution >= 4 is 17.8 Å². The van der Waals surface area contributed by atoms with Crippen LogP contribution in [0.5, 0.6) is 0 Å². The van der Waals surface area contributed by atoms with Crippen molar-refractivity contribution in [2.24, 2.45) is 5.92 Å². The number of halogens is 2. The van der Waals surface area contributed by atoms with Crippen molar-refractivity contribution in [1.29, 1.82) is 0 Å². The fourth-order valence-corrected chi connectivity index (χ4v) is 2.96. The highest BCUT2D eigenvalue weighted by Gasteiger charge is 2.30. The first-order chi connectivity index (χ1) is 12.8. The van der Waals surface area contributed by atoms with Crippen LogP contribution in [0.2, 0.25) is 0 Å². The van der Waals surface area contributed by atoms with Crippen molar-refractivity contribution in [1.82, 2.24) is 10.2 Å². The quantitative estimate of drug-likeness (QED) is 0.742. The van der Waals surface area contributed by atoms with Crippen molar-refractivity contribution in [2.45, 2.75) is 32.2 Å². The van der Waals surface area contributed by atoms with Crippen LogP contribution >= 0.6 is 0 Å². The van der Waals surface area contributed by atoms with E-state index in [1.165, 1.54) is 4.90 Å². The molecule has 2 amide bonds. The van der Waals surface area contributed by atoms with E-state index in [1.54, 1.807) is 19.1 Å². The second kappa shape index (κ2) is 9.25. The Morgan fingerprint density at radius 3 is 2.52 bits per heavy atom. The smallest absolute Gasteiger partial charge is 0.326 e. The number of likely N-dealkylation sites (tertiary alicyclic amines) is 1. The van der Waals surface area contributed by atoms with E-state index >= 15 is 0 Å². The van der Waals surface area contributed by atoms with E-state index in [0.29, 0.717) is 18.9 Å². The van der Waals surface area contributed by atoms with Crippen LogP contribution in [-0.4, -0.2) is 46.9 Å². The second-order valence-corrected chi connectivity index (χ2v) is 6.39. The average molecular weight is 380 g/mol. The minimum Gasteiger partial charge on any atom is -0.480 e. The van der Waals surface area contributed by atoms with Gasteiger partial charge in [0.15, 0.2) is 0 Å². The molecule has 1 aliphatic heterocycles. The van der Waals surface area contributed by atoms with Crippen LogP contribution in [0, 0.1) is 17.6 Å². The second-order valence-electron chi connectivity index (χ2n) is 6.39. The van der Waals surface area contributed by atoms with Crippen LogP contribution in [-0.2, 0) is 9.59 Å². The third-order valence-electron chi connectivity index (χ3n) is 4.54. The summed E-state index contributed by atoms with van der Waals surface area (Å²) in [6.45, 7) is 2.23. The number of benzene rings is 1. The molecule has 2 rings (SSSR count). The first kappa shape index (κ1) is 20.5. The zero-order valence-electron chi connectivity index (χ0n) is 15.0. The van der Waals surface area contributed by atoms with Crippen LogP contribution < -0.4 is 5.32 Å². The number of carboxylic acids is 1. The molecule has 1 aliphatic rings. The highest BCUT2D eigenvalue weighted by Crippen LogP contribution is 2.21. The van der Waals surface area contributed by atoms with E-state index in [1.807, 2.05) is 0 Å². The molecule has 1 atom stereocenters. The van der Waals surface area contributed by atoms with E-state index in [2.05, 4.69) is 5.32 Å². The van der Waals surface area contributed by atoms with Crippen molar-refractivity contribution in [3.63, 3.8) is 0 Å². The summed E-state index contributed by atoms with van der Waals surface area (Å²) in [4.78, 5) is 37.3. The molecule has 6 nitrogen and oxygen atoms in total. The molecule has 1 unspecified atom stereocenters. The lowest BCUT2D eigenvalue weighted by molar-refractivity contribution is -0.142. The van der Waals surface area contributed by atoms with E-state index in [4.69, 9.17) is 5.11 Å². The summed E-state index contributed by atoms with van der Waals surface area (Å²) in [5, 5.41) is 11.7. The number of amides is 2. The normalized spacial score (nSPS) is 16.3. The minimum absolute atomic E-state index is 0.193. The summed E-state index contributed by atoms with van der Waals surface area (Å²) < 4.78 is 26.7. The summed E-state index contributed by atoms with van der Waals surface area (Å²) in [5.74, 6) is -4.13. The molecule has 1 saturated heterocycles. The Morgan fingerprint density at radius 1 is 1.30 bits per heavy atom. The van der Waals surface area contributed by atoms with Crippen LogP contribution in [0.3, 0.4) is 0 Å². The van der Waals surface area contributed by atoms with Gasteiger partial charge in [0, 0.05) is 25.1 Å². The molecule has 0 bridgehead atoms. The maximum Gasteiger partial charge on any atom is 0.326 e. The molecule has 8 heteroatoms. The monoisotopic (exact) mass is 380 g/mol. The lowest BCUT2D eigenvalue weighted by atomic mass is 9.95. The summed E-state index contributed by atoms with van der Waals surface area (Å²) in [6, 6.07) is 1.78. The zero-order chi connectivity index (χ0) is 20.0. The Morgan fingerprint density at radius 2 is 1.96 bits per heavy atom. The van der Waals surface area contributed by atoms with Gasteiger partial charge in [0.25, 0.3) is 5.91 Å². The van der Waals surface area contributed by atoms with Gasteiger partial charge in [-0.15, -0.1) is 0 Å². The molecule has 0 radical (unpaired) electrons. The van der Waals surface area contributed by atoms with Crippen molar-refractivity contribution in [2.75, 3.05) is 13.1 Å². The molecule has 146 valence electrons. The summed E-state index contributed by atoms with van der Waals surface area (Å²) in [5.41, 5.74) is -0.211. The lowest BCUT2D eigenvalue weighted by Crippen LogP contribution is -2.47. The average Bonchev–Trinajstić information content (AvgIpc) is 2.64. The van der Waals surface area contributed by atoms with Crippen molar-refractivity contribution in [3.8, 4) is 0 Å². The predicted octanol–water partition coefficient (Wildman–Crippen LogP) is 2.35. The Labute approximate surface area is 155 Å². The number of rotatable bonds is 6. The van der Waals surface area contributed by atoms with Crippen LogP contribution in [0.1, 0.15) is 36.5 Å². The molecule has 0 aromatic heterocycles. The molecule has 27 heavy (non-hydrogen) atoms. The molecule has 2 N–H and O–H groups in total. The van der Waals surface area contributed by atoms with Gasteiger partial charge in [-0.05, 0) is 38.3 Å². The van der Waals surface area contributed by atoms with E-state index in [0.717, 1.165) is 12.1 Å². The summed E-state index contributed by atoms with van der Waals surface area (Å²) in [6.07, 6.45) is 4.25. The Kier molecular flexibility index (Phi) is 7.04. The zero-order valence-corrected chi connectivity index (χ0v) is 15.0. The molecular formula is C19H22F2N2O4. The standard InChI is InChI=1S/C19H22F2N2O4/c1-2-3-4-16(19(26)27)22-17(24)12-7-9-23(10-8-12)18(25)14-6-5-13(20)11-15(14)21/h2-3,5-6,11-12,16H,4,7-10H2,1H3,(H,22,24)(H,26,27)/b3-2+. The molecule has 1 aromatic carbocycles. The summed E-state index contributed by atoms with van der Waals surface area (Å²) in [7, 11) is 0. The number of hydrogen-bond acceptors (Lipinski definition) is 3. The number of carboxylic acid groups (broad SMARTS) is 1. The van der Waals surface area contributed by atoms with Gasteiger partial charge in [-0.3, -0.25) is 9.59 Å². The predicted molar refractivity (Wildman–Crippen MR) is 94.0 cm³/mol. The van der Waals surface area contributed by atoms with Crippen molar-refractivity contribution in [3.05, 3.63) is 47.5 Å². The maximum atomic E-state index is 13.8. The van der Waals surface area contributed by atoms with Crippen LogP contribution in [0.25, 0.3) is 0 Å². The number of allylic oxidation sites excluding steroid dienone is 1. The van der Waals surface area contributed by atoms with Gasteiger partial charge in [0.1, 0.15) is 17.7 Å². The maximum absolute atomic E-state index is 13.8. The Bertz CT molecular complexity index is 743. The van der Waals surface area contributed by atoms with E-state index in [-0.39, 0.29) is 31.0 Å². The molecule has 1 aromatic rings. The number of carbonyl (C=O) groups excluding carboxylic acids is 2. The third-order valence-corrected chi connectivity index (χ3v) is 4.54. The lowest BCUT2D eigenvalue weighted by Gasteiger charge is -2.32. The van der Waals surface area contributed by atoms with Gasteiger partial charge in [0.05, 0.1) is 5.56 Å². The number of hydrogen-bond donors (Lipinski definition) is 2. The van der Waals surface area contributed by atoms with Gasteiger partial charge < -0.3 is 15.3 Å². The first-order valence-electron chi connectivity index (χ1n) is 8.72. The molecule has 1 heterocycles. The van der Waals surface area contributed by atoms with Crippen molar-refractivity contribution < 1.29 is 28.3 Å². The molecule has 0 spiro atoms.